The molecule has 2 nitrogen and oxygen atoms in total. The minimum Gasteiger partial charge on any atom is -0.497 e. The molecule has 1 aliphatic rings. The van der Waals surface area contributed by atoms with Crippen LogP contribution in [0.2, 0.25) is 0 Å². The molecule has 1 aliphatic carbocycles. The van der Waals surface area contributed by atoms with Crippen molar-refractivity contribution < 1.29 is 9.53 Å². The van der Waals surface area contributed by atoms with Crippen molar-refractivity contribution in [3.63, 3.8) is 0 Å². The number of rotatable bonds is 5. The molecule has 0 bridgehead atoms. The lowest BCUT2D eigenvalue weighted by molar-refractivity contribution is 0.0963. The molecule has 0 amide bonds. The van der Waals surface area contributed by atoms with Gasteiger partial charge in [0, 0.05) is 28.2 Å². The van der Waals surface area contributed by atoms with Crippen LogP contribution in [0, 0.1) is 5.92 Å². The molecular formula is C21H18O2S. The van der Waals surface area contributed by atoms with E-state index in [2.05, 4.69) is 29.6 Å². The van der Waals surface area contributed by atoms with Crippen LogP contribution in [0.1, 0.15) is 32.6 Å². The summed E-state index contributed by atoms with van der Waals surface area (Å²) in [7, 11) is 1.63. The average Bonchev–Trinajstić information content (AvgIpc) is 3.15. The molecule has 1 fully saturated rings. The predicted octanol–water partition coefficient (Wildman–Crippen LogP) is 5.14. The molecule has 0 radical (unpaired) electrons. The number of ether oxygens (including phenoxy) is 1. The highest BCUT2D eigenvalue weighted by atomic mass is 32.1. The number of hydrogen-bond acceptors (Lipinski definition) is 3. The molecular weight excluding hydrogens is 316 g/mol. The van der Waals surface area contributed by atoms with Crippen LogP contribution < -0.4 is 4.74 Å². The molecule has 1 saturated carbocycles. The van der Waals surface area contributed by atoms with E-state index in [-0.39, 0.29) is 17.6 Å². The largest absolute Gasteiger partial charge is 0.497 e. The van der Waals surface area contributed by atoms with Gasteiger partial charge in [-0.2, -0.15) is 0 Å². The molecule has 2 aromatic carbocycles. The van der Waals surface area contributed by atoms with Crippen molar-refractivity contribution in [3.05, 3.63) is 88.1 Å². The third-order valence-corrected chi connectivity index (χ3v) is 5.73. The molecule has 0 saturated heterocycles. The molecule has 3 atom stereocenters. The summed E-state index contributed by atoms with van der Waals surface area (Å²) >= 11 is 1.74. The number of carbonyl (C=O) groups excluding carboxylic acids is 1. The maximum atomic E-state index is 13.1. The average molecular weight is 334 g/mol. The van der Waals surface area contributed by atoms with Crippen molar-refractivity contribution in [1.29, 1.82) is 0 Å². The zero-order chi connectivity index (χ0) is 16.5. The Bertz CT molecular complexity index is 822. The van der Waals surface area contributed by atoms with E-state index in [0.717, 1.165) is 11.3 Å². The Hall–Kier alpha value is -2.39. The Morgan fingerprint density at radius 3 is 2.29 bits per heavy atom. The number of carbonyl (C=O) groups is 1. The molecule has 3 aromatic rings. The van der Waals surface area contributed by atoms with Gasteiger partial charge >= 0.3 is 0 Å². The van der Waals surface area contributed by atoms with Crippen LogP contribution in [-0.2, 0) is 0 Å². The summed E-state index contributed by atoms with van der Waals surface area (Å²) < 4.78 is 5.19. The number of benzene rings is 2. The van der Waals surface area contributed by atoms with Crippen LogP contribution in [-0.4, -0.2) is 12.9 Å². The van der Waals surface area contributed by atoms with Gasteiger partial charge in [0.1, 0.15) is 5.75 Å². The zero-order valence-corrected chi connectivity index (χ0v) is 14.2. The number of methoxy groups -OCH3 is 1. The second-order valence-electron chi connectivity index (χ2n) is 6.10. The second-order valence-corrected chi connectivity index (χ2v) is 7.08. The molecule has 3 heteroatoms. The Kier molecular flexibility index (Phi) is 3.95. The van der Waals surface area contributed by atoms with Gasteiger partial charge in [-0.1, -0.05) is 36.4 Å². The van der Waals surface area contributed by atoms with Gasteiger partial charge in [0.05, 0.1) is 7.11 Å². The molecule has 0 unspecified atom stereocenters. The van der Waals surface area contributed by atoms with E-state index in [1.165, 1.54) is 10.4 Å². The van der Waals surface area contributed by atoms with Gasteiger partial charge in [-0.25, -0.2) is 0 Å². The first kappa shape index (κ1) is 15.2. The summed E-state index contributed by atoms with van der Waals surface area (Å²) in [5.41, 5.74) is 2.02. The second kappa shape index (κ2) is 6.25. The van der Waals surface area contributed by atoms with Crippen LogP contribution in [0.3, 0.4) is 0 Å². The third kappa shape index (κ3) is 2.65. The topological polar surface area (TPSA) is 26.3 Å². The molecule has 1 aromatic heterocycles. The van der Waals surface area contributed by atoms with Gasteiger partial charge < -0.3 is 4.74 Å². The maximum absolute atomic E-state index is 13.1. The van der Waals surface area contributed by atoms with E-state index < -0.39 is 0 Å². The van der Waals surface area contributed by atoms with Gasteiger partial charge in [0.2, 0.25) is 0 Å². The Morgan fingerprint density at radius 1 is 0.917 bits per heavy atom. The van der Waals surface area contributed by atoms with Gasteiger partial charge in [-0.05, 0) is 41.3 Å². The number of ketones is 1. The highest BCUT2D eigenvalue weighted by Gasteiger charge is 2.56. The van der Waals surface area contributed by atoms with Crippen molar-refractivity contribution in [2.45, 2.75) is 11.8 Å². The highest BCUT2D eigenvalue weighted by Crippen LogP contribution is 2.62. The van der Waals surface area contributed by atoms with E-state index in [4.69, 9.17) is 4.74 Å². The number of Topliss-reactive ketones (excluding diaryl/α,β-unsaturated/α-hetero) is 1. The van der Waals surface area contributed by atoms with Crippen LogP contribution in [0.4, 0.5) is 0 Å². The van der Waals surface area contributed by atoms with Crippen LogP contribution >= 0.6 is 11.3 Å². The monoisotopic (exact) mass is 334 g/mol. The molecule has 1 heterocycles. The SMILES string of the molecule is COc1ccc(C(=O)[C@@H]2[C@@H](c3ccccc3)[C@H]2c2cccs2)cc1. The molecule has 0 spiro atoms. The van der Waals surface area contributed by atoms with Crippen molar-refractivity contribution in [3.8, 4) is 5.75 Å². The van der Waals surface area contributed by atoms with Crippen LogP contribution in [0.5, 0.6) is 5.75 Å². The van der Waals surface area contributed by atoms with Gasteiger partial charge in [-0.3, -0.25) is 4.79 Å². The smallest absolute Gasteiger partial charge is 0.167 e. The molecule has 120 valence electrons. The highest BCUT2D eigenvalue weighted by molar-refractivity contribution is 7.10. The maximum Gasteiger partial charge on any atom is 0.167 e. The van der Waals surface area contributed by atoms with E-state index in [1.807, 2.05) is 42.5 Å². The number of hydrogen-bond donors (Lipinski definition) is 0. The first-order chi connectivity index (χ1) is 11.8. The Balaban J connectivity index is 1.65. The van der Waals surface area contributed by atoms with E-state index in [0.29, 0.717) is 5.92 Å². The van der Waals surface area contributed by atoms with E-state index in [1.54, 1.807) is 18.4 Å². The summed E-state index contributed by atoms with van der Waals surface area (Å²) in [6.07, 6.45) is 0. The van der Waals surface area contributed by atoms with Gasteiger partial charge in [0.15, 0.2) is 5.78 Å². The van der Waals surface area contributed by atoms with E-state index >= 15 is 0 Å². The lowest BCUT2D eigenvalue weighted by Gasteiger charge is -2.03. The fourth-order valence-electron chi connectivity index (χ4n) is 3.51. The number of thiophene rings is 1. The lowest BCUT2D eigenvalue weighted by atomic mass is 10.0. The quantitative estimate of drug-likeness (QED) is 0.604. The van der Waals surface area contributed by atoms with E-state index in [9.17, 15) is 4.79 Å². The van der Waals surface area contributed by atoms with Gasteiger partial charge in [0.25, 0.3) is 0 Å². The minimum absolute atomic E-state index is 0.0273. The summed E-state index contributed by atoms with van der Waals surface area (Å²) in [4.78, 5) is 14.4. The van der Waals surface area contributed by atoms with Crippen LogP contribution in [0.15, 0.2) is 72.1 Å². The predicted molar refractivity (Wildman–Crippen MR) is 97.1 cm³/mol. The third-order valence-electron chi connectivity index (χ3n) is 4.75. The Labute approximate surface area is 145 Å². The lowest BCUT2D eigenvalue weighted by Crippen LogP contribution is -2.04. The minimum atomic E-state index is 0.0273. The summed E-state index contributed by atoms with van der Waals surface area (Å²) in [5.74, 6) is 1.60. The van der Waals surface area contributed by atoms with Crippen molar-refractivity contribution >= 4 is 17.1 Å². The molecule has 4 rings (SSSR count). The normalized spacial score (nSPS) is 22.1. The van der Waals surface area contributed by atoms with Crippen molar-refractivity contribution in [2.75, 3.05) is 7.11 Å². The zero-order valence-electron chi connectivity index (χ0n) is 13.4. The Morgan fingerprint density at radius 2 is 1.67 bits per heavy atom. The molecule has 0 aliphatic heterocycles. The first-order valence-electron chi connectivity index (χ1n) is 8.06. The summed E-state index contributed by atoms with van der Waals surface area (Å²) in [6, 6.07) is 22.0. The summed E-state index contributed by atoms with van der Waals surface area (Å²) in [5, 5.41) is 2.09. The van der Waals surface area contributed by atoms with Crippen molar-refractivity contribution in [2.24, 2.45) is 5.92 Å². The van der Waals surface area contributed by atoms with Crippen molar-refractivity contribution in [1.82, 2.24) is 0 Å². The standard InChI is InChI=1S/C21H18O2S/c1-23-16-11-9-15(10-12-16)21(22)20-18(14-6-3-2-4-7-14)19(20)17-8-5-13-24-17/h2-13,18-20H,1H3/t18-,19+,20+/m0/s1. The molecule has 24 heavy (non-hydrogen) atoms. The molecule has 0 N–H and O–H groups in total. The van der Waals surface area contributed by atoms with Gasteiger partial charge in [-0.15, -0.1) is 11.3 Å². The fraction of sp³-hybridized carbons (Fsp3) is 0.190. The van der Waals surface area contributed by atoms with Crippen LogP contribution in [0.25, 0.3) is 0 Å². The fourth-order valence-corrected chi connectivity index (χ4v) is 4.43. The summed E-state index contributed by atoms with van der Waals surface area (Å²) in [6.45, 7) is 0. The first-order valence-corrected chi connectivity index (χ1v) is 8.94.